The number of thiophene rings is 1. The highest BCUT2D eigenvalue weighted by atomic mass is 32.1. The van der Waals surface area contributed by atoms with Gasteiger partial charge in [0.2, 0.25) is 0 Å². The van der Waals surface area contributed by atoms with Crippen LogP contribution in [-0.4, -0.2) is 17.9 Å². The van der Waals surface area contributed by atoms with E-state index in [1.165, 1.54) is 16.2 Å². The van der Waals surface area contributed by atoms with Gasteiger partial charge in [-0.1, -0.05) is 19.1 Å². The number of amides is 2. The summed E-state index contributed by atoms with van der Waals surface area (Å²) < 4.78 is 5.71. The molecule has 2 aromatic rings. The minimum atomic E-state index is -0.725. The van der Waals surface area contributed by atoms with Gasteiger partial charge < -0.3 is 4.74 Å². The first-order valence-corrected chi connectivity index (χ1v) is 9.07. The minimum Gasteiger partial charge on any atom is -0.481 e. The number of ether oxygens (including phenoxy) is 1. The molecule has 2 N–H and O–H groups in total. The molecule has 6 heteroatoms. The molecule has 25 heavy (non-hydrogen) atoms. The van der Waals surface area contributed by atoms with E-state index in [0.29, 0.717) is 10.6 Å². The average molecular weight is 360 g/mol. The van der Waals surface area contributed by atoms with Crippen molar-refractivity contribution in [2.75, 3.05) is 0 Å². The van der Waals surface area contributed by atoms with E-state index in [0.717, 1.165) is 23.1 Å². The fourth-order valence-electron chi connectivity index (χ4n) is 2.36. The van der Waals surface area contributed by atoms with Crippen molar-refractivity contribution in [2.24, 2.45) is 0 Å². The first-order chi connectivity index (χ1) is 11.8. The Kier molecular flexibility index (Phi) is 6.20. The predicted molar refractivity (Wildman–Crippen MR) is 100 cm³/mol. The average Bonchev–Trinajstić information content (AvgIpc) is 2.97. The predicted octanol–water partition coefficient (Wildman–Crippen LogP) is 3.46. The summed E-state index contributed by atoms with van der Waals surface area (Å²) in [5.74, 6) is -0.0613. The van der Waals surface area contributed by atoms with Crippen LogP contribution in [0.25, 0.3) is 0 Å². The SMILES string of the molecule is CCc1sc(C(=O)NNC(=O)C(C)Oc2cccc(C)c2C)cc1C. The fraction of sp³-hybridized carbons (Fsp3) is 0.368. The van der Waals surface area contributed by atoms with Crippen LogP contribution in [0.5, 0.6) is 5.75 Å². The molecule has 1 heterocycles. The topological polar surface area (TPSA) is 67.4 Å². The molecule has 0 aliphatic heterocycles. The van der Waals surface area contributed by atoms with Crippen molar-refractivity contribution in [3.63, 3.8) is 0 Å². The smallest absolute Gasteiger partial charge is 0.279 e. The van der Waals surface area contributed by atoms with Crippen LogP contribution in [-0.2, 0) is 11.2 Å². The highest BCUT2D eigenvalue weighted by Gasteiger charge is 2.18. The van der Waals surface area contributed by atoms with Crippen LogP contribution >= 0.6 is 11.3 Å². The van der Waals surface area contributed by atoms with Crippen LogP contribution in [0.15, 0.2) is 24.3 Å². The number of benzene rings is 1. The zero-order valence-corrected chi connectivity index (χ0v) is 16.0. The zero-order valence-electron chi connectivity index (χ0n) is 15.2. The molecule has 0 aliphatic rings. The van der Waals surface area contributed by atoms with Crippen molar-refractivity contribution < 1.29 is 14.3 Å². The van der Waals surface area contributed by atoms with Crippen molar-refractivity contribution in [2.45, 2.75) is 47.1 Å². The van der Waals surface area contributed by atoms with Crippen LogP contribution < -0.4 is 15.6 Å². The summed E-state index contributed by atoms with van der Waals surface area (Å²) >= 11 is 1.44. The van der Waals surface area contributed by atoms with Crippen molar-refractivity contribution in [3.8, 4) is 5.75 Å². The van der Waals surface area contributed by atoms with Crippen LogP contribution in [0, 0.1) is 20.8 Å². The third kappa shape index (κ3) is 4.60. The van der Waals surface area contributed by atoms with Gasteiger partial charge in [-0.25, -0.2) is 0 Å². The van der Waals surface area contributed by atoms with Crippen LogP contribution in [0.4, 0.5) is 0 Å². The molecule has 1 aromatic heterocycles. The lowest BCUT2D eigenvalue weighted by molar-refractivity contribution is -0.128. The van der Waals surface area contributed by atoms with E-state index in [9.17, 15) is 9.59 Å². The van der Waals surface area contributed by atoms with Crippen molar-refractivity contribution in [1.82, 2.24) is 10.9 Å². The third-order valence-corrected chi connectivity index (χ3v) is 5.47. The molecule has 0 spiro atoms. The second-order valence-corrected chi connectivity index (χ2v) is 7.11. The highest BCUT2D eigenvalue weighted by Crippen LogP contribution is 2.23. The highest BCUT2D eigenvalue weighted by molar-refractivity contribution is 7.14. The Morgan fingerprint density at radius 2 is 1.88 bits per heavy atom. The summed E-state index contributed by atoms with van der Waals surface area (Å²) in [6, 6.07) is 7.53. The van der Waals surface area contributed by atoms with E-state index in [-0.39, 0.29) is 5.91 Å². The number of carbonyl (C=O) groups excluding carboxylic acids is 2. The van der Waals surface area contributed by atoms with Gasteiger partial charge in [0.15, 0.2) is 6.10 Å². The number of carbonyl (C=O) groups is 2. The molecule has 0 fully saturated rings. The molecular weight excluding hydrogens is 336 g/mol. The molecule has 1 aromatic carbocycles. The zero-order chi connectivity index (χ0) is 18.6. The van der Waals surface area contributed by atoms with Crippen LogP contribution in [0.2, 0.25) is 0 Å². The van der Waals surface area contributed by atoms with Gasteiger partial charge in [0.05, 0.1) is 4.88 Å². The Morgan fingerprint density at radius 3 is 2.52 bits per heavy atom. The number of hydrazine groups is 1. The maximum atomic E-state index is 12.2. The maximum absolute atomic E-state index is 12.2. The first-order valence-electron chi connectivity index (χ1n) is 8.25. The monoisotopic (exact) mass is 360 g/mol. The van der Waals surface area contributed by atoms with E-state index < -0.39 is 12.0 Å². The number of aryl methyl sites for hydroxylation is 3. The molecule has 0 radical (unpaired) electrons. The van der Waals surface area contributed by atoms with Crippen molar-refractivity contribution in [1.29, 1.82) is 0 Å². The summed E-state index contributed by atoms with van der Waals surface area (Å²) in [7, 11) is 0. The van der Waals surface area contributed by atoms with Gasteiger partial charge in [-0.15, -0.1) is 11.3 Å². The van der Waals surface area contributed by atoms with Gasteiger partial charge in [-0.3, -0.25) is 20.4 Å². The summed E-state index contributed by atoms with van der Waals surface area (Å²) in [6.45, 7) is 9.61. The lowest BCUT2D eigenvalue weighted by Gasteiger charge is -2.17. The Hall–Kier alpha value is -2.34. The largest absolute Gasteiger partial charge is 0.481 e. The molecule has 0 bridgehead atoms. The molecule has 0 saturated heterocycles. The molecule has 5 nitrogen and oxygen atoms in total. The quantitative estimate of drug-likeness (QED) is 0.803. The van der Waals surface area contributed by atoms with Gasteiger partial charge in [-0.05, 0) is 62.9 Å². The van der Waals surface area contributed by atoms with Gasteiger partial charge in [0.25, 0.3) is 11.8 Å². The molecule has 134 valence electrons. The summed E-state index contributed by atoms with van der Waals surface area (Å²) in [4.78, 5) is 26.1. The van der Waals surface area contributed by atoms with E-state index in [4.69, 9.17) is 4.74 Å². The standard InChI is InChI=1S/C19H24N2O3S/c1-6-16-12(3)10-17(25-16)19(23)21-20-18(22)14(5)24-15-9-7-8-11(2)13(15)4/h7-10,14H,6H2,1-5H3,(H,20,22)(H,21,23). The first kappa shape index (κ1) is 19.0. The molecule has 2 rings (SSSR count). The third-order valence-electron chi connectivity index (χ3n) is 4.09. The molecule has 1 unspecified atom stereocenters. The Bertz CT molecular complexity index is 783. The molecule has 0 aliphatic carbocycles. The van der Waals surface area contributed by atoms with E-state index in [2.05, 4.69) is 17.8 Å². The summed E-state index contributed by atoms with van der Waals surface area (Å²) in [6.07, 6.45) is 0.161. The normalized spacial score (nSPS) is 11.7. The van der Waals surface area contributed by atoms with Gasteiger partial charge in [0, 0.05) is 4.88 Å². The second-order valence-electron chi connectivity index (χ2n) is 5.97. The van der Waals surface area contributed by atoms with Gasteiger partial charge in [-0.2, -0.15) is 0 Å². The fourth-order valence-corrected chi connectivity index (χ4v) is 3.37. The Balaban J connectivity index is 1.92. The molecule has 1 atom stereocenters. The number of rotatable bonds is 5. The number of hydrogen-bond donors (Lipinski definition) is 2. The number of hydrogen-bond acceptors (Lipinski definition) is 4. The lowest BCUT2D eigenvalue weighted by Crippen LogP contribution is -2.47. The Labute approximate surface area is 152 Å². The molecule has 2 amide bonds. The lowest BCUT2D eigenvalue weighted by atomic mass is 10.1. The van der Waals surface area contributed by atoms with Crippen molar-refractivity contribution in [3.05, 3.63) is 50.7 Å². The molecule has 0 saturated carbocycles. The van der Waals surface area contributed by atoms with E-state index in [1.54, 1.807) is 6.92 Å². The van der Waals surface area contributed by atoms with Crippen LogP contribution in [0.1, 0.15) is 45.1 Å². The maximum Gasteiger partial charge on any atom is 0.279 e. The van der Waals surface area contributed by atoms with E-state index in [1.807, 2.05) is 45.0 Å². The van der Waals surface area contributed by atoms with Crippen LogP contribution in [0.3, 0.4) is 0 Å². The second kappa shape index (κ2) is 8.16. The minimum absolute atomic E-state index is 0.319. The van der Waals surface area contributed by atoms with E-state index >= 15 is 0 Å². The summed E-state index contributed by atoms with van der Waals surface area (Å²) in [5, 5.41) is 0. The van der Waals surface area contributed by atoms with Crippen molar-refractivity contribution >= 4 is 23.2 Å². The van der Waals surface area contributed by atoms with Gasteiger partial charge in [0.1, 0.15) is 5.75 Å². The Morgan fingerprint density at radius 1 is 1.16 bits per heavy atom. The molecular formula is C19H24N2O3S. The number of nitrogens with one attached hydrogen (secondary N) is 2. The summed E-state index contributed by atoms with van der Waals surface area (Å²) in [5.41, 5.74) is 8.05. The van der Waals surface area contributed by atoms with Gasteiger partial charge >= 0.3 is 0 Å².